The van der Waals surface area contributed by atoms with E-state index in [4.69, 9.17) is 4.74 Å². The molecule has 7 aromatic carbocycles. The predicted molar refractivity (Wildman–Crippen MR) is 193 cm³/mol. The lowest BCUT2D eigenvalue weighted by molar-refractivity contribution is 0.487. The van der Waals surface area contributed by atoms with Crippen LogP contribution in [-0.2, 0) is 0 Å². The molecule has 0 unspecified atom stereocenters. The van der Waals surface area contributed by atoms with Crippen LogP contribution in [0, 0.1) is 6.92 Å². The summed E-state index contributed by atoms with van der Waals surface area (Å²) in [6.07, 6.45) is 0. The quantitative estimate of drug-likeness (QED) is 0.190. The maximum atomic E-state index is 6.78. The summed E-state index contributed by atoms with van der Waals surface area (Å²) in [5, 5.41) is 0. The number of fused-ring (bicyclic) bond motifs is 4. The lowest BCUT2D eigenvalue weighted by Gasteiger charge is -2.41. The van der Waals surface area contributed by atoms with Crippen LogP contribution in [0.2, 0.25) is 0 Å². The number of para-hydroxylation sites is 1. The second-order valence-electron chi connectivity index (χ2n) is 12.2. The molecule has 216 valence electrons. The Balaban J connectivity index is 1.34. The van der Waals surface area contributed by atoms with Crippen molar-refractivity contribution in [3.8, 4) is 44.9 Å². The van der Waals surface area contributed by atoms with Crippen LogP contribution < -0.4 is 26.0 Å². The Morgan fingerprint density at radius 1 is 0.435 bits per heavy atom. The Morgan fingerprint density at radius 2 is 1.04 bits per heavy atom. The van der Waals surface area contributed by atoms with E-state index in [9.17, 15) is 0 Å². The highest BCUT2D eigenvalue weighted by molar-refractivity contribution is 6.99. The van der Waals surface area contributed by atoms with Crippen molar-refractivity contribution in [2.24, 2.45) is 0 Å². The largest absolute Gasteiger partial charge is 0.458 e. The second-order valence-corrected chi connectivity index (χ2v) is 12.2. The molecule has 0 bridgehead atoms. The Kier molecular flexibility index (Phi) is 6.17. The third-order valence-electron chi connectivity index (χ3n) is 9.36. The van der Waals surface area contributed by atoms with E-state index >= 15 is 0 Å². The SMILES string of the molecule is Cc1cc2c3c(c1)N(c1ccccc1-c1ccccc1)c1cc(-c4ccccc4)ccc1B3c1cc(-c3ccccc3)ccc1O2. The third-order valence-corrected chi connectivity index (χ3v) is 9.36. The molecule has 0 fully saturated rings. The molecule has 0 amide bonds. The normalized spacial score (nSPS) is 12.5. The van der Waals surface area contributed by atoms with E-state index in [1.54, 1.807) is 0 Å². The Bertz CT molecular complexity index is 2250. The highest BCUT2D eigenvalue weighted by atomic mass is 16.5. The summed E-state index contributed by atoms with van der Waals surface area (Å²) in [4.78, 5) is 2.47. The van der Waals surface area contributed by atoms with Gasteiger partial charge in [0.25, 0.3) is 6.71 Å². The topological polar surface area (TPSA) is 12.5 Å². The van der Waals surface area contributed by atoms with Gasteiger partial charge >= 0.3 is 0 Å². The lowest BCUT2D eigenvalue weighted by atomic mass is 9.34. The molecule has 0 N–H and O–H groups in total. The summed E-state index contributed by atoms with van der Waals surface area (Å²) < 4.78 is 6.78. The molecule has 2 aliphatic rings. The van der Waals surface area contributed by atoms with Crippen molar-refractivity contribution in [1.29, 1.82) is 0 Å². The van der Waals surface area contributed by atoms with Gasteiger partial charge in [0, 0.05) is 16.9 Å². The highest BCUT2D eigenvalue weighted by Gasteiger charge is 2.42. The molecule has 2 heterocycles. The maximum Gasteiger partial charge on any atom is 0.256 e. The summed E-state index contributed by atoms with van der Waals surface area (Å²) in [6.45, 7) is 2.19. The minimum Gasteiger partial charge on any atom is -0.458 e. The first-order valence-electron chi connectivity index (χ1n) is 15.9. The van der Waals surface area contributed by atoms with E-state index in [1.165, 1.54) is 61.0 Å². The smallest absolute Gasteiger partial charge is 0.256 e. The molecule has 0 aliphatic carbocycles. The summed E-state index contributed by atoms with van der Waals surface area (Å²) in [5.41, 5.74) is 15.5. The van der Waals surface area contributed by atoms with E-state index in [0.717, 1.165) is 22.9 Å². The van der Waals surface area contributed by atoms with Gasteiger partial charge in [0.2, 0.25) is 0 Å². The van der Waals surface area contributed by atoms with E-state index in [2.05, 4.69) is 176 Å². The van der Waals surface area contributed by atoms with Crippen molar-refractivity contribution in [2.45, 2.75) is 6.92 Å². The van der Waals surface area contributed by atoms with Gasteiger partial charge in [-0.3, -0.25) is 0 Å². The summed E-state index contributed by atoms with van der Waals surface area (Å²) in [7, 11) is 0. The molecule has 0 atom stereocenters. The van der Waals surface area contributed by atoms with Crippen LogP contribution in [0.3, 0.4) is 0 Å². The average molecular weight is 588 g/mol. The Hall–Kier alpha value is -5.80. The van der Waals surface area contributed by atoms with Gasteiger partial charge in [0.15, 0.2) is 0 Å². The van der Waals surface area contributed by atoms with Crippen LogP contribution in [0.15, 0.2) is 164 Å². The fraction of sp³-hybridized carbons (Fsp3) is 0.0233. The van der Waals surface area contributed by atoms with Gasteiger partial charge < -0.3 is 9.64 Å². The first-order chi connectivity index (χ1) is 22.7. The Morgan fingerprint density at radius 3 is 1.76 bits per heavy atom. The fourth-order valence-corrected chi connectivity index (χ4v) is 7.29. The zero-order valence-electron chi connectivity index (χ0n) is 25.5. The number of anilines is 3. The monoisotopic (exact) mass is 587 g/mol. The minimum atomic E-state index is 0.0259. The van der Waals surface area contributed by atoms with E-state index in [-0.39, 0.29) is 6.71 Å². The molecule has 0 spiro atoms. The number of hydrogen-bond acceptors (Lipinski definition) is 2. The highest BCUT2D eigenvalue weighted by Crippen LogP contribution is 2.45. The van der Waals surface area contributed by atoms with Gasteiger partial charge in [-0.1, -0.05) is 133 Å². The molecular weight excluding hydrogens is 557 g/mol. The van der Waals surface area contributed by atoms with Crippen molar-refractivity contribution < 1.29 is 4.74 Å². The van der Waals surface area contributed by atoms with Crippen LogP contribution in [-0.4, -0.2) is 6.71 Å². The fourth-order valence-electron chi connectivity index (χ4n) is 7.29. The third kappa shape index (κ3) is 4.28. The molecular formula is C43H30BNO. The summed E-state index contributed by atoms with van der Waals surface area (Å²) in [5.74, 6) is 1.85. The number of ether oxygens (including phenoxy) is 1. The van der Waals surface area contributed by atoms with Crippen molar-refractivity contribution in [3.63, 3.8) is 0 Å². The van der Waals surface area contributed by atoms with Crippen molar-refractivity contribution in [2.75, 3.05) is 4.90 Å². The van der Waals surface area contributed by atoms with Crippen molar-refractivity contribution in [3.05, 3.63) is 169 Å². The molecule has 0 saturated carbocycles. The molecule has 0 radical (unpaired) electrons. The van der Waals surface area contributed by atoms with E-state index in [1.807, 2.05) is 0 Å². The zero-order valence-corrected chi connectivity index (χ0v) is 25.5. The zero-order chi connectivity index (χ0) is 30.6. The first kappa shape index (κ1) is 26.6. The van der Waals surface area contributed by atoms with Gasteiger partial charge in [0.05, 0.1) is 5.69 Å². The van der Waals surface area contributed by atoms with Crippen LogP contribution >= 0.6 is 0 Å². The maximum absolute atomic E-state index is 6.78. The van der Waals surface area contributed by atoms with Crippen LogP contribution in [0.4, 0.5) is 17.1 Å². The first-order valence-corrected chi connectivity index (χ1v) is 15.9. The number of aryl methyl sites for hydroxylation is 1. The molecule has 0 saturated heterocycles. The number of hydrogen-bond donors (Lipinski definition) is 0. The molecule has 3 heteroatoms. The second kappa shape index (κ2) is 10.7. The predicted octanol–water partition coefficient (Wildman–Crippen LogP) is 9.40. The Labute approximate surface area is 270 Å². The molecule has 2 nitrogen and oxygen atoms in total. The van der Waals surface area contributed by atoms with Crippen molar-refractivity contribution >= 4 is 40.2 Å². The molecule has 2 aliphatic heterocycles. The van der Waals surface area contributed by atoms with Crippen molar-refractivity contribution in [1.82, 2.24) is 0 Å². The van der Waals surface area contributed by atoms with Crippen LogP contribution in [0.5, 0.6) is 11.5 Å². The number of rotatable bonds is 4. The van der Waals surface area contributed by atoms with Gasteiger partial charge in [-0.15, -0.1) is 0 Å². The van der Waals surface area contributed by atoms with Crippen LogP contribution in [0.1, 0.15) is 5.56 Å². The number of benzene rings is 7. The summed E-state index contributed by atoms with van der Waals surface area (Å²) in [6, 6.07) is 59.0. The molecule has 9 rings (SSSR count). The van der Waals surface area contributed by atoms with E-state index in [0.29, 0.717) is 0 Å². The minimum absolute atomic E-state index is 0.0259. The molecule has 7 aromatic rings. The van der Waals surface area contributed by atoms with Gasteiger partial charge in [-0.25, -0.2) is 0 Å². The molecule has 46 heavy (non-hydrogen) atoms. The van der Waals surface area contributed by atoms with Gasteiger partial charge in [0.1, 0.15) is 11.5 Å². The van der Waals surface area contributed by atoms with Gasteiger partial charge in [-0.2, -0.15) is 0 Å². The van der Waals surface area contributed by atoms with Gasteiger partial charge in [-0.05, 0) is 87.0 Å². The number of nitrogens with zero attached hydrogens (tertiary/aromatic N) is 1. The van der Waals surface area contributed by atoms with E-state index < -0.39 is 0 Å². The molecule has 0 aromatic heterocycles. The average Bonchev–Trinajstić information content (AvgIpc) is 3.12. The summed E-state index contributed by atoms with van der Waals surface area (Å²) >= 11 is 0. The lowest BCUT2D eigenvalue weighted by Crippen LogP contribution is -2.59. The standard InChI is InChI=1S/C43H30BNO/c1-29-25-40-43-42(26-29)46-41-24-22-33(30-13-5-2-6-14-30)27-37(41)44(43)36-23-21-34(31-15-7-3-8-16-31)28-39(36)45(40)38-20-12-11-19-35(38)32-17-9-4-10-18-32/h2-28H,1H3. The van der Waals surface area contributed by atoms with Crippen LogP contribution in [0.25, 0.3) is 33.4 Å².